The molecule has 0 saturated carbocycles. The highest BCUT2D eigenvalue weighted by Gasteiger charge is 2.17. The summed E-state index contributed by atoms with van der Waals surface area (Å²) in [6.07, 6.45) is 0. The molecule has 0 spiro atoms. The van der Waals surface area contributed by atoms with Gasteiger partial charge in [0.25, 0.3) is 0 Å². The highest BCUT2D eigenvalue weighted by atomic mass is 19.1. The largest absolute Gasteiger partial charge is 0.321 e. The van der Waals surface area contributed by atoms with Gasteiger partial charge in [-0.25, -0.2) is 4.39 Å². The number of hydrogen-bond donors (Lipinski definition) is 1. The Balaban J connectivity index is 3.24. The molecule has 0 radical (unpaired) electrons. The van der Waals surface area contributed by atoms with Gasteiger partial charge in [-0.2, -0.15) is 0 Å². The van der Waals surface area contributed by atoms with Crippen LogP contribution in [0, 0.1) is 5.82 Å². The SMILES string of the molecule is CC(N)C(=O)c1cc(F)ccc1C(C)C. The molecule has 0 aliphatic heterocycles. The zero-order valence-corrected chi connectivity index (χ0v) is 9.25. The van der Waals surface area contributed by atoms with Crippen LogP contribution in [0.1, 0.15) is 42.6 Å². The summed E-state index contributed by atoms with van der Waals surface area (Å²) in [6, 6.07) is 3.69. The van der Waals surface area contributed by atoms with Gasteiger partial charge in [-0.15, -0.1) is 0 Å². The fourth-order valence-corrected chi connectivity index (χ4v) is 1.49. The quantitative estimate of drug-likeness (QED) is 0.777. The Labute approximate surface area is 89.3 Å². The van der Waals surface area contributed by atoms with Crippen molar-refractivity contribution in [3.63, 3.8) is 0 Å². The first-order valence-electron chi connectivity index (χ1n) is 5.02. The molecule has 0 bridgehead atoms. The van der Waals surface area contributed by atoms with E-state index < -0.39 is 11.9 Å². The predicted octanol–water partition coefficient (Wildman–Crippen LogP) is 2.48. The van der Waals surface area contributed by atoms with Crippen molar-refractivity contribution in [3.05, 3.63) is 35.1 Å². The molecule has 1 rings (SSSR count). The molecule has 0 fully saturated rings. The summed E-state index contributed by atoms with van der Waals surface area (Å²) in [7, 11) is 0. The molecule has 0 aliphatic rings. The van der Waals surface area contributed by atoms with Crippen molar-refractivity contribution in [2.75, 3.05) is 0 Å². The van der Waals surface area contributed by atoms with Crippen molar-refractivity contribution in [1.82, 2.24) is 0 Å². The molecular formula is C12H16FNO. The van der Waals surface area contributed by atoms with Gasteiger partial charge in [0.05, 0.1) is 6.04 Å². The minimum atomic E-state index is -0.593. The van der Waals surface area contributed by atoms with Crippen molar-refractivity contribution >= 4 is 5.78 Å². The number of carbonyl (C=O) groups is 1. The van der Waals surface area contributed by atoms with Gasteiger partial charge >= 0.3 is 0 Å². The number of nitrogens with two attached hydrogens (primary N) is 1. The van der Waals surface area contributed by atoms with Gasteiger partial charge in [0.2, 0.25) is 0 Å². The maximum Gasteiger partial charge on any atom is 0.179 e. The molecule has 15 heavy (non-hydrogen) atoms. The molecule has 1 unspecified atom stereocenters. The number of carbonyl (C=O) groups excluding carboxylic acids is 1. The van der Waals surface area contributed by atoms with Gasteiger partial charge in [-0.05, 0) is 30.5 Å². The molecule has 2 N–H and O–H groups in total. The number of hydrogen-bond acceptors (Lipinski definition) is 2. The molecular weight excluding hydrogens is 193 g/mol. The van der Waals surface area contributed by atoms with Gasteiger partial charge in [-0.3, -0.25) is 4.79 Å². The molecule has 0 saturated heterocycles. The van der Waals surface area contributed by atoms with Gasteiger partial charge in [-0.1, -0.05) is 19.9 Å². The van der Waals surface area contributed by atoms with Gasteiger partial charge in [0.1, 0.15) is 5.82 Å². The molecule has 0 heterocycles. The first-order chi connectivity index (χ1) is 6.93. The average molecular weight is 209 g/mol. The standard InChI is InChI=1S/C12H16FNO/c1-7(2)10-5-4-9(13)6-11(10)12(15)8(3)14/h4-8H,14H2,1-3H3. The lowest BCUT2D eigenvalue weighted by Gasteiger charge is -2.13. The van der Waals surface area contributed by atoms with E-state index in [1.807, 2.05) is 13.8 Å². The lowest BCUT2D eigenvalue weighted by Crippen LogP contribution is -2.27. The summed E-state index contributed by atoms with van der Waals surface area (Å²) in [6.45, 7) is 5.54. The minimum Gasteiger partial charge on any atom is -0.321 e. The summed E-state index contributed by atoms with van der Waals surface area (Å²) in [4.78, 5) is 11.7. The zero-order valence-electron chi connectivity index (χ0n) is 9.25. The molecule has 0 amide bonds. The van der Waals surface area contributed by atoms with E-state index in [4.69, 9.17) is 5.73 Å². The van der Waals surface area contributed by atoms with Crippen LogP contribution in [0.2, 0.25) is 0 Å². The van der Waals surface area contributed by atoms with Crippen LogP contribution in [0.3, 0.4) is 0 Å². The summed E-state index contributed by atoms with van der Waals surface area (Å²) in [5.41, 5.74) is 6.76. The van der Waals surface area contributed by atoms with E-state index in [0.29, 0.717) is 5.56 Å². The molecule has 2 nitrogen and oxygen atoms in total. The minimum absolute atomic E-state index is 0.184. The molecule has 1 atom stereocenters. The Hall–Kier alpha value is -1.22. The molecule has 82 valence electrons. The van der Waals surface area contributed by atoms with Crippen molar-refractivity contribution in [3.8, 4) is 0 Å². The summed E-state index contributed by atoms with van der Waals surface area (Å²) in [5.74, 6) is -0.426. The monoisotopic (exact) mass is 209 g/mol. The first-order valence-corrected chi connectivity index (χ1v) is 5.02. The molecule has 1 aromatic rings. The van der Waals surface area contributed by atoms with E-state index in [0.717, 1.165) is 5.56 Å². The van der Waals surface area contributed by atoms with Crippen molar-refractivity contribution in [1.29, 1.82) is 0 Å². The third kappa shape index (κ3) is 2.63. The van der Waals surface area contributed by atoms with Crippen molar-refractivity contribution in [2.24, 2.45) is 5.73 Å². The zero-order chi connectivity index (χ0) is 11.6. The van der Waals surface area contributed by atoms with E-state index in [1.54, 1.807) is 13.0 Å². The number of ketones is 1. The maximum absolute atomic E-state index is 13.0. The molecule has 3 heteroatoms. The van der Waals surface area contributed by atoms with Gasteiger partial charge < -0.3 is 5.73 Å². The maximum atomic E-state index is 13.0. The fraction of sp³-hybridized carbons (Fsp3) is 0.417. The number of benzene rings is 1. The van der Waals surface area contributed by atoms with E-state index in [9.17, 15) is 9.18 Å². The Morgan fingerprint density at radius 3 is 2.40 bits per heavy atom. The highest BCUT2D eigenvalue weighted by Crippen LogP contribution is 2.21. The van der Waals surface area contributed by atoms with Crippen LogP contribution in [0.4, 0.5) is 4.39 Å². The van der Waals surface area contributed by atoms with Crippen LogP contribution >= 0.6 is 0 Å². The molecule has 0 aliphatic carbocycles. The Kier molecular flexibility index (Phi) is 3.58. The van der Waals surface area contributed by atoms with Crippen LogP contribution in [0.5, 0.6) is 0 Å². The lowest BCUT2D eigenvalue weighted by molar-refractivity contribution is 0.0966. The second-order valence-electron chi connectivity index (χ2n) is 4.04. The topological polar surface area (TPSA) is 43.1 Å². The second kappa shape index (κ2) is 4.53. The van der Waals surface area contributed by atoms with Crippen LogP contribution in [0.25, 0.3) is 0 Å². The van der Waals surface area contributed by atoms with Crippen LogP contribution < -0.4 is 5.73 Å². The fourth-order valence-electron chi connectivity index (χ4n) is 1.49. The second-order valence-corrected chi connectivity index (χ2v) is 4.04. The summed E-state index contributed by atoms with van der Waals surface area (Å²) >= 11 is 0. The van der Waals surface area contributed by atoms with Gasteiger partial charge in [0, 0.05) is 5.56 Å². The van der Waals surface area contributed by atoms with Crippen LogP contribution in [-0.2, 0) is 0 Å². The van der Waals surface area contributed by atoms with E-state index in [2.05, 4.69) is 0 Å². The van der Waals surface area contributed by atoms with Crippen molar-refractivity contribution in [2.45, 2.75) is 32.7 Å². The Morgan fingerprint density at radius 1 is 1.33 bits per heavy atom. The summed E-state index contributed by atoms with van der Waals surface area (Å²) < 4.78 is 13.0. The Bertz CT molecular complexity index is 372. The molecule has 0 aromatic heterocycles. The molecule has 1 aromatic carbocycles. The average Bonchev–Trinajstić information content (AvgIpc) is 2.15. The predicted molar refractivity (Wildman–Crippen MR) is 58.5 cm³/mol. The third-order valence-corrected chi connectivity index (χ3v) is 2.32. The van der Waals surface area contributed by atoms with Crippen LogP contribution in [0.15, 0.2) is 18.2 Å². The smallest absolute Gasteiger partial charge is 0.179 e. The van der Waals surface area contributed by atoms with Gasteiger partial charge in [0.15, 0.2) is 5.78 Å². The third-order valence-electron chi connectivity index (χ3n) is 2.32. The van der Waals surface area contributed by atoms with Crippen LogP contribution in [-0.4, -0.2) is 11.8 Å². The number of rotatable bonds is 3. The van der Waals surface area contributed by atoms with Crippen molar-refractivity contribution < 1.29 is 9.18 Å². The Morgan fingerprint density at radius 2 is 1.93 bits per heavy atom. The lowest BCUT2D eigenvalue weighted by atomic mass is 9.93. The number of Topliss-reactive ketones (excluding diaryl/α,β-unsaturated/α-hetero) is 1. The summed E-state index contributed by atoms with van der Waals surface area (Å²) in [5, 5.41) is 0. The number of halogens is 1. The van der Waals surface area contributed by atoms with E-state index in [-0.39, 0.29) is 11.7 Å². The first kappa shape index (κ1) is 11.9. The van der Waals surface area contributed by atoms with E-state index >= 15 is 0 Å². The van der Waals surface area contributed by atoms with E-state index in [1.165, 1.54) is 12.1 Å². The normalized spacial score (nSPS) is 12.9. The highest BCUT2D eigenvalue weighted by molar-refractivity contribution is 6.01.